The molecule has 2 unspecified atom stereocenters. The first-order valence-corrected chi connectivity index (χ1v) is 8.02. The van der Waals surface area contributed by atoms with Crippen molar-refractivity contribution in [1.29, 1.82) is 0 Å². The summed E-state index contributed by atoms with van der Waals surface area (Å²) >= 11 is 0. The second kappa shape index (κ2) is 6.96. The summed E-state index contributed by atoms with van der Waals surface area (Å²) in [5.41, 5.74) is 1.63. The molecule has 128 valence electrons. The van der Waals surface area contributed by atoms with Crippen molar-refractivity contribution in [2.24, 2.45) is 0 Å². The lowest BCUT2D eigenvalue weighted by Gasteiger charge is -2.35. The number of morpholine rings is 1. The highest BCUT2D eigenvalue weighted by molar-refractivity contribution is 5.76. The van der Waals surface area contributed by atoms with Gasteiger partial charge in [0.2, 0.25) is 11.9 Å². The van der Waals surface area contributed by atoms with Crippen LogP contribution in [-0.4, -0.2) is 55.9 Å². The molecule has 3 rings (SSSR count). The number of nitrogens with one attached hydrogen (secondary N) is 1. The molecule has 8 heteroatoms. The van der Waals surface area contributed by atoms with Crippen molar-refractivity contribution in [3.05, 3.63) is 30.4 Å². The third-order valence-corrected chi connectivity index (χ3v) is 3.75. The van der Waals surface area contributed by atoms with E-state index < -0.39 is 0 Å². The van der Waals surface area contributed by atoms with Crippen LogP contribution in [0.3, 0.4) is 0 Å². The fourth-order valence-corrected chi connectivity index (χ4v) is 2.77. The number of amides is 1. The summed E-state index contributed by atoms with van der Waals surface area (Å²) in [6, 6.07) is 1.83. The van der Waals surface area contributed by atoms with Crippen LogP contribution in [0.15, 0.2) is 24.7 Å². The van der Waals surface area contributed by atoms with Gasteiger partial charge in [-0.2, -0.15) is 5.10 Å². The molecule has 1 N–H and O–H groups in total. The SMILES string of the molecule is Cc1ccnc(Nc2cnn(CC(=O)N3CC(C)OC(C)C3)c2)n1. The van der Waals surface area contributed by atoms with Crippen molar-refractivity contribution in [3.63, 3.8) is 0 Å². The largest absolute Gasteiger partial charge is 0.372 e. The van der Waals surface area contributed by atoms with Gasteiger partial charge in [0, 0.05) is 31.2 Å². The van der Waals surface area contributed by atoms with Gasteiger partial charge >= 0.3 is 0 Å². The van der Waals surface area contributed by atoms with Gasteiger partial charge in [-0.15, -0.1) is 0 Å². The van der Waals surface area contributed by atoms with Gasteiger partial charge in [-0.1, -0.05) is 0 Å². The van der Waals surface area contributed by atoms with Crippen LogP contribution in [0.25, 0.3) is 0 Å². The van der Waals surface area contributed by atoms with Gasteiger partial charge < -0.3 is 15.0 Å². The summed E-state index contributed by atoms with van der Waals surface area (Å²) in [6.07, 6.45) is 5.25. The highest BCUT2D eigenvalue weighted by Crippen LogP contribution is 2.13. The van der Waals surface area contributed by atoms with Gasteiger partial charge in [0.1, 0.15) is 6.54 Å². The summed E-state index contributed by atoms with van der Waals surface area (Å²) in [5, 5.41) is 7.31. The summed E-state index contributed by atoms with van der Waals surface area (Å²) < 4.78 is 7.27. The zero-order valence-corrected chi connectivity index (χ0v) is 14.1. The maximum Gasteiger partial charge on any atom is 0.244 e. The normalized spacial score (nSPS) is 20.9. The number of nitrogens with zero attached hydrogens (tertiary/aromatic N) is 5. The lowest BCUT2D eigenvalue weighted by atomic mass is 10.2. The average Bonchev–Trinajstić information content (AvgIpc) is 2.93. The first-order chi connectivity index (χ1) is 11.5. The Bertz CT molecular complexity index is 706. The van der Waals surface area contributed by atoms with Crippen LogP contribution in [0.1, 0.15) is 19.5 Å². The first-order valence-electron chi connectivity index (χ1n) is 8.02. The van der Waals surface area contributed by atoms with E-state index in [1.807, 2.05) is 31.7 Å². The Morgan fingerprint density at radius 2 is 2.12 bits per heavy atom. The minimum Gasteiger partial charge on any atom is -0.372 e. The first kappa shape index (κ1) is 16.4. The van der Waals surface area contributed by atoms with E-state index in [1.54, 1.807) is 23.3 Å². The maximum atomic E-state index is 12.4. The molecule has 2 atom stereocenters. The Balaban J connectivity index is 1.60. The number of hydrogen-bond acceptors (Lipinski definition) is 6. The molecule has 1 aliphatic rings. The molecule has 24 heavy (non-hydrogen) atoms. The molecule has 1 fully saturated rings. The molecule has 0 aromatic carbocycles. The van der Waals surface area contributed by atoms with E-state index in [0.717, 1.165) is 11.4 Å². The van der Waals surface area contributed by atoms with Gasteiger partial charge in [0.15, 0.2) is 0 Å². The van der Waals surface area contributed by atoms with E-state index in [4.69, 9.17) is 4.74 Å². The second-order valence-corrected chi connectivity index (χ2v) is 6.13. The Morgan fingerprint density at radius 3 is 2.83 bits per heavy atom. The number of ether oxygens (including phenoxy) is 1. The predicted octanol–water partition coefficient (Wildman–Crippen LogP) is 1.36. The number of aryl methyl sites for hydroxylation is 1. The molecule has 0 radical (unpaired) electrons. The number of rotatable bonds is 4. The summed E-state index contributed by atoms with van der Waals surface area (Å²) in [4.78, 5) is 22.7. The van der Waals surface area contributed by atoms with E-state index in [1.165, 1.54) is 0 Å². The fourth-order valence-electron chi connectivity index (χ4n) is 2.77. The van der Waals surface area contributed by atoms with Crippen LogP contribution in [0, 0.1) is 6.92 Å². The number of aromatic nitrogens is 4. The lowest BCUT2D eigenvalue weighted by molar-refractivity contribution is -0.144. The van der Waals surface area contributed by atoms with Crippen LogP contribution in [0.5, 0.6) is 0 Å². The quantitative estimate of drug-likeness (QED) is 0.911. The van der Waals surface area contributed by atoms with Crippen molar-refractivity contribution in [2.45, 2.75) is 39.5 Å². The molecule has 8 nitrogen and oxygen atoms in total. The molecule has 1 amide bonds. The zero-order valence-electron chi connectivity index (χ0n) is 14.1. The monoisotopic (exact) mass is 330 g/mol. The molecule has 0 saturated carbocycles. The van der Waals surface area contributed by atoms with Crippen molar-refractivity contribution in [1.82, 2.24) is 24.6 Å². The molecule has 0 spiro atoms. The van der Waals surface area contributed by atoms with Crippen LogP contribution in [-0.2, 0) is 16.1 Å². The standard InChI is InChI=1S/C16H22N6O2/c1-11-4-5-17-16(19-11)20-14-6-18-22(9-14)10-15(23)21-7-12(2)24-13(3)8-21/h4-6,9,12-13H,7-8,10H2,1-3H3,(H,17,19,20). The Morgan fingerprint density at radius 1 is 1.38 bits per heavy atom. The third-order valence-electron chi connectivity index (χ3n) is 3.75. The zero-order chi connectivity index (χ0) is 17.1. The topological polar surface area (TPSA) is 85.2 Å². The number of hydrogen-bond donors (Lipinski definition) is 1. The Hall–Kier alpha value is -2.48. The lowest BCUT2D eigenvalue weighted by Crippen LogP contribution is -2.49. The molecular weight excluding hydrogens is 308 g/mol. The summed E-state index contributed by atoms with van der Waals surface area (Å²) in [5.74, 6) is 0.551. The van der Waals surface area contributed by atoms with Crippen LogP contribution < -0.4 is 5.32 Å². The smallest absolute Gasteiger partial charge is 0.244 e. The van der Waals surface area contributed by atoms with Gasteiger partial charge in [0.25, 0.3) is 0 Å². The molecule has 1 saturated heterocycles. The molecule has 2 aromatic heterocycles. The van der Waals surface area contributed by atoms with E-state index in [-0.39, 0.29) is 24.7 Å². The minimum atomic E-state index is 0.0402. The second-order valence-electron chi connectivity index (χ2n) is 6.13. The predicted molar refractivity (Wildman–Crippen MR) is 88.9 cm³/mol. The number of anilines is 2. The van der Waals surface area contributed by atoms with Gasteiger partial charge in [-0.05, 0) is 26.8 Å². The Labute approximate surface area is 140 Å². The van der Waals surface area contributed by atoms with E-state index in [9.17, 15) is 4.79 Å². The summed E-state index contributed by atoms with van der Waals surface area (Å²) in [6.45, 7) is 7.30. The van der Waals surface area contributed by atoms with Crippen molar-refractivity contribution < 1.29 is 9.53 Å². The average molecular weight is 330 g/mol. The van der Waals surface area contributed by atoms with Gasteiger partial charge in [-0.25, -0.2) is 9.97 Å². The van der Waals surface area contributed by atoms with E-state index in [0.29, 0.717) is 19.0 Å². The number of carbonyl (C=O) groups is 1. The van der Waals surface area contributed by atoms with Crippen LogP contribution in [0.4, 0.5) is 11.6 Å². The highest BCUT2D eigenvalue weighted by Gasteiger charge is 2.25. The van der Waals surface area contributed by atoms with Crippen molar-refractivity contribution in [2.75, 3.05) is 18.4 Å². The Kier molecular flexibility index (Phi) is 4.75. The number of carbonyl (C=O) groups excluding carboxylic acids is 1. The van der Waals surface area contributed by atoms with Crippen molar-refractivity contribution >= 4 is 17.5 Å². The molecule has 1 aliphatic heterocycles. The molecular formula is C16H22N6O2. The molecule has 0 bridgehead atoms. The molecule has 2 aromatic rings. The van der Waals surface area contributed by atoms with Gasteiger partial charge in [-0.3, -0.25) is 9.48 Å². The summed E-state index contributed by atoms with van der Waals surface area (Å²) in [7, 11) is 0. The molecule has 3 heterocycles. The third kappa shape index (κ3) is 4.08. The molecule has 0 aliphatic carbocycles. The highest BCUT2D eigenvalue weighted by atomic mass is 16.5. The van der Waals surface area contributed by atoms with E-state index >= 15 is 0 Å². The van der Waals surface area contributed by atoms with Gasteiger partial charge in [0.05, 0.1) is 24.1 Å². The maximum absolute atomic E-state index is 12.4. The van der Waals surface area contributed by atoms with Crippen LogP contribution in [0.2, 0.25) is 0 Å². The minimum absolute atomic E-state index is 0.0402. The van der Waals surface area contributed by atoms with E-state index in [2.05, 4.69) is 20.4 Å². The van der Waals surface area contributed by atoms with Crippen molar-refractivity contribution in [3.8, 4) is 0 Å². The van der Waals surface area contributed by atoms with Crippen LogP contribution >= 0.6 is 0 Å². The fraction of sp³-hybridized carbons (Fsp3) is 0.500.